The molecule has 5 aromatic rings. The fourth-order valence-corrected chi connectivity index (χ4v) is 8.88. The van der Waals surface area contributed by atoms with Gasteiger partial charge in [-0.25, -0.2) is 27.2 Å². The molecule has 308 valence electrons. The van der Waals surface area contributed by atoms with E-state index < -0.39 is 10.0 Å². The molecule has 2 aromatic heterocycles. The lowest BCUT2D eigenvalue weighted by molar-refractivity contribution is -0.121. The van der Waals surface area contributed by atoms with Crippen LogP contribution >= 0.6 is 0 Å². The van der Waals surface area contributed by atoms with Crippen molar-refractivity contribution in [1.82, 2.24) is 35.0 Å². The minimum absolute atomic E-state index is 0.0669. The molecule has 4 heterocycles. The minimum Gasteiger partial charge on any atom is -0.381 e. The van der Waals surface area contributed by atoms with E-state index in [1.54, 1.807) is 42.6 Å². The number of rotatable bonds is 16. The molecule has 0 spiro atoms. The molecule has 0 unspecified atom stereocenters. The molecule has 0 saturated carbocycles. The Morgan fingerprint density at radius 1 is 1.00 bits per heavy atom. The molecule has 4 N–H and O–H groups in total. The van der Waals surface area contributed by atoms with Crippen molar-refractivity contribution in [2.75, 3.05) is 38.2 Å². The Hall–Kier alpha value is -4.73. The standard InChI is InChI=1S/C44H55FN8O4S/c1-4-41-38(43(50-35-17-21-57-22-18-35)39-26-48-53(5-2)44(39)51-41)27-49-58(55,56)36-13-9-31(10-14-36)12-16-42(54)47-25-32-11-15-40(45)37(24-32)34-8-6-7-33(23-34)29-52-20-19-46-30(3)28-52/h6-11,13-15,23-24,26,30,35,46,49H,4-5,12,16-22,25,27-29H2,1-3H3,(H,47,54)(H,50,51)/t30-/m0/s1. The fraction of sp³-hybridized carbons (Fsp3) is 0.432. The number of aryl methyl sites for hydroxylation is 3. The van der Waals surface area contributed by atoms with E-state index in [-0.39, 0.29) is 42.2 Å². The van der Waals surface area contributed by atoms with Crippen LogP contribution in [0.5, 0.6) is 0 Å². The molecule has 1 amide bonds. The first-order valence-electron chi connectivity index (χ1n) is 20.5. The molecular weight excluding hydrogens is 756 g/mol. The molecule has 0 aliphatic carbocycles. The summed E-state index contributed by atoms with van der Waals surface area (Å²) in [6.45, 7) is 12.3. The Bertz CT molecular complexity index is 2310. The van der Waals surface area contributed by atoms with E-state index in [1.165, 1.54) is 6.07 Å². The quantitative estimate of drug-likeness (QED) is 0.0955. The van der Waals surface area contributed by atoms with Gasteiger partial charge >= 0.3 is 0 Å². The van der Waals surface area contributed by atoms with Crippen LogP contribution < -0.4 is 20.7 Å². The molecule has 2 aliphatic heterocycles. The van der Waals surface area contributed by atoms with Crippen molar-refractivity contribution < 1.29 is 22.3 Å². The normalized spacial score (nSPS) is 16.8. The summed E-state index contributed by atoms with van der Waals surface area (Å²) in [5.41, 5.74) is 7.37. The number of pyridine rings is 1. The number of amides is 1. The van der Waals surface area contributed by atoms with Crippen LogP contribution in [0, 0.1) is 5.82 Å². The van der Waals surface area contributed by atoms with Gasteiger partial charge in [-0.2, -0.15) is 5.10 Å². The average Bonchev–Trinajstić information content (AvgIpc) is 3.65. The minimum atomic E-state index is -3.87. The summed E-state index contributed by atoms with van der Waals surface area (Å²) in [7, 11) is -3.87. The van der Waals surface area contributed by atoms with E-state index in [2.05, 4.69) is 43.7 Å². The zero-order valence-corrected chi connectivity index (χ0v) is 34.5. The van der Waals surface area contributed by atoms with Crippen molar-refractivity contribution >= 4 is 32.7 Å². The first-order chi connectivity index (χ1) is 28.1. The molecule has 0 bridgehead atoms. The summed E-state index contributed by atoms with van der Waals surface area (Å²) in [5.74, 6) is -0.455. The molecule has 3 aromatic carbocycles. The lowest BCUT2D eigenvalue weighted by Crippen LogP contribution is -2.48. The predicted octanol–water partition coefficient (Wildman–Crippen LogP) is 5.93. The van der Waals surface area contributed by atoms with Crippen LogP contribution in [-0.2, 0) is 58.6 Å². The second-order valence-corrected chi connectivity index (χ2v) is 17.1. The number of nitrogens with one attached hydrogen (secondary N) is 4. The number of hydrogen-bond acceptors (Lipinski definition) is 9. The number of fused-ring (bicyclic) bond motifs is 1. The maximum atomic E-state index is 15.1. The number of halogens is 1. The first-order valence-corrected chi connectivity index (χ1v) is 22.0. The van der Waals surface area contributed by atoms with Crippen molar-refractivity contribution in [2.45, 2.75) is 96.0 Å². The van der Waals surface area contributed by atoms with Gasteiger partial charge in [-0.1, -0.05) is 43.3 Å². The van der Waals surface area contributed by atoms with Gasteiger partial charge in [0.2, 0.25) is 15.9 Å². The van der Waals surface area contributed by atoms with Crippen LogP contribution in [0.3, 0.4) is 0 Å². The molecule has 2 fully saturated rings. The number of aromatic nitrogens is 3. The Balaban J connectivity index is 0.944. The highest BCUT2D eigenvalue weighted by Crippen LogP contribution is 2.32. The van der Waals surface area contributed by atoms with E-state index in [9.17, 15) is 13.2 Å². The highest BCUT2D eigenvalue weighted by molar-refractivity contribution is 7.89. The van der Waals surface area contributed by atoms with Gasteiger partial charge in [0, 0.05) is 94.4 Å². The summed E-state index contributed by atoms with van der Waals surface area (Å²) >= 11 is 0. The number of hydrogen-bond donors (Lipinski definition) is 4. The number of nitrogens with zero attached hydrogens (tertiary/aromatic N) is 4. The highest BCUT2D eigenvalue weighted by atomic mass is 32.2. The molecule has 2 aliphatic rings. The van der Waals surface area contributed by atoms with Crippen molar-refractivity contribution in [1.29, 1.82) is 0 Å². The lowest BCUT2D eigenvalue weighted by Gasteiger charge is -2.31. The van der Waals surface area contributed by atoms with Gasteiger partial charge in [0.05, 0.1) is 22.2 Å². The van der Waals surface area contributed by atoms with E-state index in [4.69, 9.17) is 9.72 Å². The number of ether oxygens (including phenoxy) is 1. The van der Waals surface area contributed by atoms with Crippen molar-refractivity contribution in [3.05, 3.63) is 107 Å². The maximum absolute atomic E-state index is 15.1. The van der Waals surface area contributed by atoms with Gasteiger partial charge in [-0.15, -0.1) is 0 Å². The van der Waals surface area contributed by atoms with Gasteiger partial charge in [-0.05, 0) is 92.1 Å². The summed E-state index contributed by atoms with van der Waals surface area (Å²) in [5, 5.41) is 15.5. The molecule has 7 rings (SSSR count). The summed E-state index contributed by atoms with van der Waals surface area (Å²) in [6, 6.07) is 20.2. The van der Waals surface area contributed by atoms with E-state index in [0.717, 1.165) is 89.3 Å². The van der Waals surface area contributed by atoms with Crippen molar-refractivity contribution in [2.24, 2.45) is 0 Å². The second kappa shape index (κ2) is 18.9. The fourth-order valence-electron chi connectivity index (χ4n) is 7.89. The molecule has 58 heavy (non-hydrogen) atoms. The zero-order valence-electron chi connectivity index (χ0n) is 33.7. The van der Waals surface area contributed by atoms with E-state index in [1.807, 2.05) is 36.7 Å². The van der Waals surface area contributed by atoms with Gasteiger partial charge in [0.15, 0.2) is 5.65 Å². The highest BCUT2D eigenvalue weighted by Gasteiger charge is 2.24. The van der Waals surface area contributed by atoms with Crippen LogP contribution in [0.1, 0.15) is 68.0 Å². The largest absolute Gasteiger partial charge is 0.381 e. The maximum Gasteiger partial charge on any atom is 0.240 e. The van der Waals surface area contributed by atoms with Crippen LogP contribution in [0.15, 0.2) is 77.8 Å². The van der Waals surface area contributed by atoms with Crippen LogP contribution in [-0.4, -0.2) is 78.9 Å². The van der Waals surface area contributed by atoms with E-state index in [0.29, 0.717) is 44.2 Å². The third-order valence-corrected chi connectivity index (χ3v) is 12.5. The molecule has 12 nitrogen and oxygen atoms in total. The van der Waals surface area contributed by atoms with Crippen LogP contribution in [0.2, 0.25) is 0 Å². The van der Waals surface area contributed by atoms with Gasteiger partial charge in [0.1, 0.15) is 5.82 Å². The Labute approximate surface area is 341 Å². The Morgan fingerprint density at radius 3 is 2.55 bits per heavy atom. The predicted molar refractivity (Wildman–Crippen MR) is 225 cm³/mol. The Morgan fingerprint density at radius 2 is 1.79 bits per heavy atom. The summed E-state index contributed by atoms with van der Waals surface area (Å²) in [4.78, 5) is 20.4. The molecule has 0 radical (unpaired) electrons. The molecule has 14 heteroatoms. The third kappa shape index (κ3) is 10.1. The Kier molecular flexibility index (Phi) is 13.5. The number of piperazine rings is 1. The topological polar surface area (TPSA) is 143 Å². The lowest BCUT2D eigenvalue weighted by atomic mass is 10.00. The molecule has 2 saturated heterocycles. The zero-order chi connectivity index (χ0) is 40.6. The summed E-state index contributed by atoms with van der Waals surface area (Å²) in [6.07, 6.45) is 4.80. The smallest absolute Gasteiger partial charge is 0.240 e. The number of sulfonamides is 1. The van der Waals surface area contributed by atoms with Crippen molar-refractivity contribution in [3.63, 3.8) is 0 Å². The van der Waals surface area contributed by atoms with Crippen LogP contribution in [0.25, 0.3) is 22.2 Å². The second-order valence-electron chi connectivity index (χ2n) is 15.3. The SMILES string of the molecule is CCc1nc2c(cnn2CC)c(NC2CCOCC2)c1CNS(=O)(=O)c1ccc(CCC(=O)NCc2ccc(F)c(-c3cccc(CN4CCN[C@@H](C)C4)c3)c2)cc1. The van der Waals surface area contributed by atoms with Gasteiger partial charge in [0.25, 0.3) is 0 Å². The van der Waals surface area contributed by atoms with Gasteiger partial charge in [-0.3, -0.25) is 9.69 Å². The van der Waals surface area contributed by atoms with Crippen molar-refractivity contribution in [3.8, 4) is 11.1 Å². The monoisotopic (exact) mass is 810 g/mol. The number of anilines is 1. The molecular formula is C44H55FN8O4S. The number of carbonyl (C=O) groups is 1. The van der Waals surface area contributed by atoms with Gasteiger partial charge < -0.3 is 20.7 Å². The third-order valence-electron chi connectivity index (χ3n) is 11.1. The summed E-state index contributed by atoms with van der Waals surface area (Å²) < 4.78 is 52.5. The van der Waals surface area contributed by atoms with E-state index >= 15 is 4.39 Å². The number of carbonyl (C=O) groups excluding carboxylic acids is 1. The number of benzene rings is 3. The van der Waals surface area contributed by atoms with Crippen LogP contribution in [0.4, 0.5) is 10.1 Å². The molecule has 1 atom stereocenters. The average molecular weight is 811 g/mol. The first kappa shape index (κ1) is 41.4.